The number of benzene rings is 1. The molecule has 0 saturated heterocycles. The number of aryl methyl sites for hydroxylation is 1. The molecule has 1 heterocycles. The van der Waals surface area contributed by atoms with Crippen molar-refractivity contribution in [2.24, 2.45) is 4.99 Å². The number of carbonyl (C=O) groups excluding carboxylic acids is 1. The van der Waals surface area contributed by atoms with Crippen molar-refractivity contribution in [2.75, 3.05) is 24.7 Å². The van der Waals surface area contributed by atoms with E-state index in [9.17, 15) is 10.1 Å². The lowest BCUT2D eigenvalue weighted by molar-refractivity contribution is 0.261. The molecule has 0 atom stereocenters. The lowest BCUT2D eigenvalue weighted by Crippen LogP contribution is -2.19. The van der Waals surface area contributed by atoms with Gasteiger partial charge in [0.25, 0.3) is 0 Å². The van der Waals surface area contributed by atoms with Gasteiger partial charge in [-0.1, -0.05) is 0 Å². The number of amides is 2. The van der Waals surface area contributed by atoms with Crippen LogP contribution in [0.2, 0.25) is 0 Å². The summed E-state index contributed by atoms with van der Waals surface area (Å²) >= 11 is 0. The highest BCUT2D eigenvalue weighted by molar-refractivity contribution is 5.98. The van der Waals surface area contributed by atoms with E-state index in [2.05, 4.69) is 26.7 Å². The lowest BCUT2D eigenvalue weighted by atomic mass is 10.2. The van der Waals surface area contributed by atoms with Crippen molar-refractivity contribution in [3.05, 3.63) is 35.7 Å². The van der Waals surface area contributed by atoms with Gasteiger partial charge in [-0.3, -0.25) is 5.32 Å². The second kappa shape index (κ2) is 7.09. The number of urea groups is 1. The Labute approximate surface area is 133 Å². The van der Waals surface area contributed by atoms with Gasteiger partial charge in [-0.05, 0) is 25.1 Å². The highest BCUT2D eigenvalue weighted by Crippen LogP contribution is 2.22. The number of anilines is 2. The second-order valence-electron chi connectivity index (χ2n) is 4.93. The highest BCUT2D eigenvalue weighted by Gasteiger charge is 2.08. The zero-order chi connectivity index (χ0) is 16.8. The zero-order valence-electron chi connectivity index (χ0n) is 13.0. The maximum absolute atomic E-state index is 11.8. The number of aromatic nitrogens is 1. The fourth-order valence-corrected chi connectivity index (χ4v) is 1.66. The van der Waals surface area contributed by atoms with Gasteiger partial charge < -0.3 is 14.6 Å². The van der Waals surface area contributed by atoms with Crippen LogP contribution in [0.5, 0.6) is 0 Å². The van der Waals surface area contributed by atoms with Gasteiger partial charge in [-0.15, -0.1) is 0 Å². The van der Waals surface area contributed by atoms with Gasteiger partial charge in [-0.25, -0.2) is 9.79 Å². The average molecular weight is 312 g/mol. The van der Waals surface area contributed by atoms with Crippen LogP contribution < -0.4 is 10.6 Å². The molecule has 2 rings (SSSR count). The SMILES string of the molecule is Cc1coc(NC(=O)Nc2ccc(/N=C\N(C)C)c(C#N)c2)n1. The summed E-state index contributed by atoms with van der Waals surface area (Å²) in [4.78, 5) is 21.8. The average Bonchev–Trinajstić information content (AvgIpc) is 2.90. The molecule has 1 aromatic carbocycles. The minimum atomic E-state index is -0.514. The molecule has 0 saturated carbocycles. The third-order valence-electron chi connectivity index (χ3n) is 2.64. The van der Waals surface area contributed by atoms with Gasteiger partial charge in [0, 0.05) is 19.8 Å². The van der Waals surface area contributed by atoms with Crippen LogP contribution in [-0.4, -0.2) is 36.3 Å². The first-order valence-electron chi connectivity index (χ1n) is 6.73. The van der Waals surface area contributed by atoms with Crippen LogP contribution in [0.15, 0.2) is 33.9 Å². The van der Waals surface area contributed by atoms with Crippen molar-refractivity contribution in [3.8, 4) is 6.07 Å². The molecule has 23 heavy (non-hydrogen) atoms. The topological polar surface area (TPSA) is 107 Å². The van der Waals surface area contributed by atoms with Gasteiger partial charge in [0.1, 0.15) is 12.3 Å². The van der Waals surface area contributed by atoms with E-state index in [1.54, 1.807) is 36.4 Å². The molecule has 118 valence electrons. The number of nitrogens with zero attached hydrogens (tertiary/aromatic N) is 4. The van der Waals surface area contributed by atoms with Crippen molar-refractivity contribution >= 4 is 29.8 Å². The van der Waals surface area contributed by atoms with Crippen molar-refractivity contribution < 1.29 is 9.21 Å². The zero-order valence-corrected chi connectivity index (χ0v) is 13.0. The predicted molar refractivity (Wildman–Crippen MR) is 86.9 cm³/mol. The Bertz CT molecular complexity index is 773. The Hall–Kier alpha value is -3.34. The molecule has 0 spiro atoms. The van der Waals surface area contributed by atoms with Crippen LogP contribution in [-0.2, 0) is 0 Å². The number of aliphatic imine (C=N–C) groups is 1. The number of hydrogen-bond donors (Lipinski definition) is 2. The molecule has 2 N–H and O–H groups in total. The largest absolute Gasteiger partial charge is 0.432 e. The summed E-state index contributed by atoms with van der Waals surface area (Å²) in [6, 6.07) is 6.50. The molecule has 8 nitrogen and oxygen atoms in total. The first-order valence-corrected chi connectivity index (χ1v) is 6.73. The van der Waals surface area contributed by atoms with E-state index in [1.807, 2.05) is 14.1 Å². The summed E-state index contributed by atoms with van der Waals surface area (Å²) in [5.74, 6) is 0. The third-order valence-corrected chi connectivity index (χ3v) is 2.64. The summed E-state index contributed by atoms with van der Waals surface area (Å²) in [5.41, 5.74) is 2.00. The molecule has 1 aromatic heterocycles. The molecule has 2 aromatic rings. The van der Waals surface area contributed by atoms with E-state index >= 15 is 0 Å². The van der Waals surface area contributed by atoms with E-state index in [-0.39, 0.29) is 6.01 Å². The van der Waals surface area contributed by atoms with Crippen LogP contribution in [0.3, 0.4) is 0 Å². The first-order chi connectivity index (χ1) is 11.0. The van der Waals surface area contributed by atoms with Crippen molar-refractivity contribution in [3.63, 3.8) is 0 Å². The maximum Gasteiger partial charge on any atom is 0.327 e. The van der Waals surface area contributed by atoms with E-state index in [4.69, 9.17) is 4.42 Å². The quantitative estimate of drug-likeness (QED) is 0.667. The number of nitrogens with one attached hydrogen (secondary N) is 2. The standard InChI is InChI=1S/C15H16N6O2/c1-10-8-23-15(18-10)20-14(22)19-12-4-5-13(11(6-12)7-16)17-9-21(2)3/h4-6,8-9H,1-3H3,(H2,18,19,20,22)/b17-9-. The van der Waals surface area contributed by atoms with Gasteiger partial charge in [-0.2, -0.15) is 10.2 Å². The fourth-order valence-electron chi connectivity index (χ4n) is 1.66. The lowest BCUT2D eigenvalue weighted by Gasteiger charge is -2.07. The summed E-state index contributed by atoms with van der Waals surface area (Å²) in [6.45, 7) is 1.75. The van der Waals surface area contributed by atoms with E-state index < -0.39 is 6.03 Å². The van der Waals surface area contributed by atoms with Crippen LogP contribution in [0.4, 0.5) is 22.2 Å². The summed E-state index contributed by atoms with van der Waals surface area (Å²) in [7, 11) is 3.67. The summed E-state index contributed by atoms with van der Waals surface area (Å²) in [6.07, 6.45) is 3.03. The summed E-state index contributed by atoms with van der Waals surface area (Å²) < 4.78 is 5.03. The number of hydrogen-bond acceptors (Lipinski definition) is 5. The van der Waals surface area contributed by atoms with Gasteiger partial charge in [0.2, 0.25) is 0 Å². The molecule has 0 aliphatic rings. The van der Waals surface area contributed by atoms with Crippen LogP contribution in [0, 0.1) is 18.3 Å². The maximum atomic E-state index is 11.8. The molecule has 2 amide bonds. The fraction of sp³-hybridized carbons (Fsp3) is 0.200. The Balaban J connectivity index is 2.08. The Morgan fingerprint density at radius 2 is 2.22 bits per heavy atom. The molecule has 0 radical (unpaired) electrons. The molecular weight excluding hydrogens is 296 g/mol. The normalized spacial score (nSPS) is 10.3. The van der Waals surface area contributed by atoms with Crippen molar-refractivity contribution in [1.82, 2.24) is 9.88 Å². The second-order valence-corrected chi connectivity index (χ2v) is 4.93. The molecule has 0 fully saturated rings. The Morgan fingerprint density at radius 1 is 1.43 bits per heavy atom. The molecule has 0 unspecified atom stereocenters. The summed E-state index contributed by atoms with van der Waals surface area (Å²) in [5, 5.41) is 14.2. The van der Waals surface area contributed by atoms with E-state index in [0.717, 1.165) is 0 Å². The molecular formula is C15H16N6O2. The number of rotatable bonds is 4. The predicted octanol–water partition coefficient (Wildman–Crippen LogP) is 2.72. The van der Waals surface area contributed by atoms with Gasteiger partial charge in [0.05, 0.1) is 23.3 Å². The van der Waals surface area contributed by atoms with E-state index in [1.165, 1.54) is 6.26 Å². The van der Waals surface area contributed by atoms with Gasteiger partial charge >= 0.3 is 12.0 Å². The Kier molecular flexibility index (Phi) is 4.94. The van der Waals surface area contributed by atoms with Gasteiger partial charge in [0.15, 0.2) is 0 Å². The van der Waals surface area contributed by atoms with E-state index in [0.29, 0.717) is 22.6 Å². The number of carbonyl (C=O) groups is 1. The van der Waals surface area contributed by atoms with Crippen molar-refractivity contribution in [1.29, 1.82) is 5.26 Å². The first kappa shape index (κ1) is 16.0. The third kappa shape index (κ3) is 4.57. The minimum Gasteiger partial charge on any atom is -0.432 e. The molecule has 0 aliphatic carbocycles. The van der Waals surface area contributed by atoms with Crippen LogP contribution >= 0.6 is 0 Å². The Morgan fingerprint density at radius 3 is 2.83 bits per heavy atom. The minimum absolute atomic E-state index is 0.104. The molecule has 0 aliphatic heterocycles. The molecule has 8 heteroatoms. The monoisotopic (exact) mass is 312 g/mol. The van der Waals surface area contributed by atoms with Crippen LogP contribution in [0.25, 0.3) is 0 Å². The van der Waals surface area contributed by atoms with Crippen molar-refractivity contribution in [2.45, 2.75) is 6.92 Å². The highest BCUT2D eigenvalue weighted by atomic mass is 16.4. The number of oxazole rings is 1. The molecule has 0 bridgehead atoms. The van der Waals surface area contributed by atoms with Crippen LogP contribution in [0.1, 0.15) is 11.3 Å². The number of nitriles is 1. The smallest absolute Gasteiger partial charge is 0.327 e.